The van der Waals surface area contributed by atoms with Crippen LogP contribution in [0.2, 0.25) is 0 Å². The number of esters is 1. The second-order valence-electron chi connectivity index (χ2n) is 6.45. The van der Waals surface area contributed by atoms with Crippen molar-refractivity contribution in [3.8, 4) is 11.8 Å². The summed E-state index contributed by atoms with van der Waals surface area (Å²) in [5, 5.41) is 11.3. The summed E-state index contributed by atoms with van der Waals surface area (Å²) in [5.41, 5.74) is -1.68. The van der Waals surface area contributed by atoms with Crippen LogP contribution >= 0.6 is 0 Å². The molecular weight excluding hydrogens is 264 g/mol. The van der Waals surface area contributed by atoms with Crippen LogP contribution in [-0.2, 0) is 9.53 Å². The minimum Gasteiger partial charge on any atom is -0.465 e. The molecule has 0 aromatic carbocycles. The van der Waals surface area contributed by atoms with Gasteiger partial charge in [-0.05, 0) is 39.0 Å². The minimum atomic E-state index is -0.975. The maximum absolute atomic E-state index is 12.5. The molecule has 2 saturated carbocycles. The van der Waals surface area contributed by atoms with Gasteiger partial charge in [0.1, 0.15) is 0 Å². The van der Waals surface area contributed by atoms with Gasteiger partial charge in [0.15, 0.2) is 0 Å². The molecular formula is C18H28O3. The van der Waals surface area contributed by atoms with Gasteiger partial charge in [0.2, 0.25) is 0 Å². The van der Waals surface area contributed by atoms with Gasteiger partial charge in [-0.15, -0.1) is 5.92 Å². The lowest BCUT2D eigenvalue weighted by molar-refractivity contribution is -0.180. The van der Waals surface area contributed by atoms with E-state index in [1.165, 1.54) is 0 Å². The van der Waals surface area contributed by atoms with Gasteiger partial charge in [0.05, 0.1) is 23.5 Å². The summed E-state index contributed by atoms with van der Waals surface area (Å²) < 4.78 is 5.30. The van der Waals surface area contributed by atoms with Crippen LogP contribution in [0.25, 0.3) is 0 Å². The van der Waals surface area contributed by atoms with Gasteiger partial charge in [-0.2, -0.15) is 0 Å². The summed E-state index contributed by atoms with van der Waals surface area (Å²) in [6, 6.07) is 0. The van der Waals surface area contributed by atoms with Crippen LogP contribution in [0.1, 0.15) is 71.6 Å². The van der Waals surface area contributed by atoms with E-state index in [1.54, 1.807) is 0 Å². The van der Waals surface area contributed by atoms with Crippen LogP contribution in [0, 0.1) is 23.2 Å². The van der Waals surface area contributed by atoms with Crippen molar-refractivity contribution < 1.29 is 14.6 Å². The fraction of sp³-hybridized carbons (Fsp3) is 0.833. The van der Waals surface area contributed by atoms with E-state index in [0.29, 0.717) is 13.0 Å². The highest BCUT2D eigenvalue weighted by molar-refractivity contribution is 5.79. The molecule has 0 aromatic heterocycles. The molecule has 21 heavy (non-hydrogen) atoms. The molecule has 0 spiro atoms. The van der Waals surface area contributed by atoms with E-state index in [-0.39, 0.29) is 11.9 Å². The third-order valence-corrected chi connectivity index (χ3v) is 5.27. The summed E-state index contributed by atoms with van der Waals surface area (Å²) in [5.74, 6) is 6.21. The smallest absolute Gasteiger partial charge is 0.315 e. The first-order chi connectivity index (χ1) is 10.1. The van der Waals surface area contributed by atoms with Crippen molar-refractivity contribution in [3.05, 3.63) is 0 Å². The van der Waals surface area contributed by atoms with E-state index in [0.717, 1.165) is 51.4 Å². The molecule has 0 unspecified atom stereocenters. The lowest BCUT2D eigenvalue weighted by Gasteiger charge is -2.45. The van der Waals surface area contributed by atoms with Gasteiger partial charge in [-0.3, -0.25) is 4.79 Å². The van der Waals surface area contributed by atoms with Gasteiger partial charge in [-0.25, -0.2) is 0 Å². The molecule has 2 fully saturated rings. The zero-order valence-electron chi connectivity index (χ0n) is 13.4. The van der Waals surface area contributed by atoms with Crippen molar-refractivity contribution >= 4 is 5.97 Å². The van der Waals surface area contributed by atoms with Crippen molar-refractivity contribution in [1.29, 1.82) is 0 Å². The van der Waals surface area contributed by atoms with E-state index >= 15 is 0 Å². The SMILES string of the molecule is CCCCC#C[C@H]1CC[C@@]2(C(=O)OCC)CCCC[C@@]12O. The van der Waals surface area contributed by atoms with E-state index in [4.69, 9.17) is 4.74 Å². The van der Waals surface area contributed by atoms with Crippen LogP contribution in [0.5, 0.6) is 0 Å². The Morgan fingerprint density at radius 2 is 2.05 bits per heavy atom. The topological polar surface area (TPSA) is 46.5 Å². The zero-order valence-corrected chi connectivity index (χ0v) is 13.4. The Hall–Kier alpha value is -1.01. The molecule has 2 aliphatic rings. The molecule has 0 aromatic rings. The second kappa shape index (κ2) is 6.83. The Morgan fingerprint density at radius 3 is 2.76 bits per heavy atom. The van der Waals surface area contributed by atoms with Gasteiger partial charge < -0.3 is 9.84 Å². The molecule has 3 heteroatoms. The number of hydrogen-bond donors (Lipinski definition) is 1. The Morgan fingerprint density at radius 1 is 1.29 bits per heavy atom. The summed E-state index contributed by atoms with van der Waals surface area (Å²) >= 11 is 0. The molecule has 0 amide bonds. The number of fused-ring (bicyclic) bond motifs is 1. The van der Waals surface area contributed by atoms with Crippen molar-refractivity contribution in [2.24, 2.45) is 11.3 Å². The largest absolute Gasteiger partial charge is 0.465 e. The molecule has 2 rings (SSSR count). The fourth-order valence-electron chi connectivity index (χ4n) is 4.06. The number of carbonyl (C=O) groups is 1. The fourth-order valence-corrected chi connectivity index (χ4v) is 4.06. The predicted molar refractivity (Wildman–Crippen MR) is 82.5 cm³/mol. The summed E-state index contributed by atoms with van der Waals surface area (Å²) in [4.78, 5) is 12.5. The summed E-state index contributed by atoms with van der Waals surface area (Å²) in [6.07, 6.45) is 8.05. The molecule has 0 saturated heterocycles. The van der Waals surface area contributed by atoms with Crippen LogP contribution in [-0.4, -0.2) is 23.3 Å². The van der Waals surface area contributed by atoms with E-state index in [2.05, 4.69) is 18.8 Å². The third-order valence-electron chi connectivity index (χ3n) is 5.27. The van der Waals surface area contributed by atoms with Crippen LogP contribution < -0.4 is 0 Å². The Bertz CT molecular complexity index is 433. The third kappa shape index (κ3) is 2.83. The Kier molecular flexibility index (Phi) is 5.32. The lowest BCUT2D eigenvalue weighted by Crippen LogP contribution is -2.55. The lowest BCUT2D eigenvalue weighted by atomic mass is 9.63. The molecule has 1 N–H and O–H groups in total. The maximum Gasteiger partial charge on any atom is 0.315 e. The first-order valence-electron chi connectivity index (χ1n) is 8.48. The first kappa shape index (κ1) is 16.4. The normalized spacial score (nSPS) is 34.7. The van der Waals surface area contributed by atoms with Crippen LogP contribution in [0.3, 0.4) is 0 Å². The molecule has 0 bridgehead atoms. The highest BCUT2D eigenvalue weighted by Gasteiger charge is 2.64. The Balaban J connectivity index is 2.20. The van der Waals surface area contributed by atoms with Gasteiger partial charge in [0, 0.05) is 6.42 Å². The van der Waals surface area contributed by atoms with E-state index < -0.39 is 11.0 Å². The molecule has 0 radical (unpaired) electrons. The molecule has 3 atom stereocenters. The predicted octanol–water partition coefficient (Wildman–Crippen LogP) is 3.44. The number of ether oxygens (including phenoxy) is 1. The summed E-state index contributed by atoms with van der Waals surface area (Å²) in [6.45, 7) is 4.36. The zero-order chi connectivity index (χ0) is 15.3. The van der Waals surface area contributed by atoms with Crippen molar-refractivity contribution in [3.63, 3.8) is 0 Å². The molecule has 3 nitrogen and oxygen atoms in total. The number of rotatable bonds is 4. The van der Waals surface area contributed by atoms with E-state index in [1.807, 2.05) is 6.92 Å². The number of hydrogen-bond acceptors (Lipinski definition) is 3. The van der Waals surface area contributed by atoms with Crippen LogP contribution in [0.4, 0.5) is 0 Å². The first-order valence-corrected chi connectivity index (χ1v) is 8.48. The van der Waals surface area contributed by atoms with Gasteiger partial charge >= 0.3 is 5.97 Å². The quantitative estimate of drug-likeness (QED) is 0.490. The van der Waals surface area contributed by atoms with Gasteiger partial charge in [0.25, 0.3) is 0 Å². The van der Waals surface area contributed by atoms with Crippen molar-refractivity contribution in [2.45, 2.75) is 77.2 Å². The number of carbonyl (C=O) groups excluding carboxylic acids is 1. The van der Waals surface area contributed by atoms with Gasteiger partial charge in [-0.1, -0.05) is 32.1 Å². The Labute approximate surface area is 128 Å². The molecule has 0 aliphatic heterocycles. The average molecular weight is 292 g/mol. The maximum atomic E-state index is 12.5. The van der Waals surface area contributed by atoms with E-state index in [9.17, 15) is 9.90 Å². The highest BCUT2D eigenvalue weighted by atomic mass is 16.5. The standard InChI is InChI=1S/C18H28O3/c1-3-5-6-7-10-15-11-14-17(16(19)21-4-2)12-8-9-13-18(15,17)20/h15,20H,3-6,8-9,11-14H2,1-2H3/t15-,17+,18+/m0/s1. The molecule has 2 aliphatic carbocycles. The van der Waals surface area contributed by atoms with Crippen molar-refractivity contribution in [2.75, 3.05) is 6.61 Å². The average Bonchev–Trinajstić information content (AvgIpc) is 2.78. The monoisotopic (exact) mass is 292 g/mol. The second-order valence-corrected chi connectivity index (χ2v) is 6.45. The molecule has 118 valence electrons. The summed E-state index contributed by atoms with van der Waals surface area (Å²) in [7, 11) is 0. The number of aliphatic hydroxyl groups is 1. The highest BCUT2D eigenvalue weighted by Crippen LogP contribution is 2.58. The molecule has 0 heterocycles. The minimum absolute atomic E-state index is 0.0703. The van der Waals surface area contributed by atoms with Crippen LogP contribution in [0.15, 0.2) is 0 Å². The van der Waals surface area contributed by atoms with Crippen molar-refractivity contribution in [1.82, 2.24) is 0 Å². The number of unbranched alkanes of at least 4 members (excludes halogenated alkanes) is 2.